The zero-order valence-corrected chi connectivity index (χ0v) is 15.0. The van der Waals surface area contributed by atoms with E-state index in [1.165, 1.54) is 19.1 Å². The summed E-state index contributed by atoms with van der Waals surface area (Å²) in [6.45, 7) is 6.79. The monoisotopic (exact) mass is 349 g/mol. The molecule has 1 fully saturated rings. The van der Waals surface area contributed by atoms with Gasteiger partial charge in [-0.1, -0.05) is 19.9 Å². The Kier molecular flexibility index (Phi) is 7.61. The van der Waals surface area contributed by atoms with E-state index in [-0.39, 0.29) is 29.4 Å². The van der Waals surface area contributed by atoms with Crippen LogP contribution in [0.5, 0.6) is 0 Å². The number of nitrogens with one attached hydrogen (secondary N) is 1. The Hall–Kier alpha value is -2.37. The molecule has 0 aliphatic carbocycles. The fourth-order valence-corrected chi connectivity index (χ4v) is 2.90. The van der Waals surface area contributed by atoms with Gasteiger partial charge in [0.05, 0.1) is 0 Å². The molecular weight excluding hydrogens is 325 g/mol. The minimum atomic E-state index is -0.449. The Morgan fingerprint density at radius 1 is 1.32 bits per heavy atom. The standard InChI is InChI=1S/C17H20FNO3.C2H4O/c1-9-4-5-12(18)8-14(9)16(21)11(3)10(2)13-6-7-15(20)19-17(13)22;1-2-3/h4-5,8,10-11,13H,6-7H2,1-3H3,(H,19,20,22);2H,1H3. The van der Waals surface area contributed by atoms with Crippen LogP contribution in [0.2, 0.25) is 0 Å². The van der Waals surface area contributed by atoms with E-state index < -0.39 is 11.7 Å². The number of hydrogen-bond donors (Lipinski definition) is 1. The van der Waals surface area contributed by atoms with E-state index >= 15 is 0 Å². The average molecular weight is 349 g/mol. The minimum absolute atomic E-state index is 0.172. The van der Waals surface area contributed by atoms with Crippen molar-refractivity contribution in [3.63, 3.8) is 0 Å². The molecule has 2 rings (SSSR count). The molecule has 0 bridgehead atoms. The van der Waals surface area contributed by atoms with Crippen molar-refractivity contribution in [2.75, 3.05) is 0 Å². The summed E-state index contributed by atoms with van der Waals surface area (Å²) in [4.78, 5) is 44.5. The molecule has 0 radical (unpaired) electrons. The highest BCUT2D eigenvalue weighted by molar-refractivity contribution is 6.01. The topological polar surface area (TPSA) is 80.3 Å². The third-order valence-electron chi connectivity index (χ3n) is 4.58. The van der Waals surface area contributed by atoms with E-state index in [1.54, 1.807) is 19.9 Å². The normalized spacial score (nSPS) is 19.2. The van der Waals surface area contributed by atoms with Crippen LogP contribution in [0.25, 0.3) is 0 Å². The first-order valence-corrected chi connectivity index (χ1v) is 8.26. The molecule has 1 heterocycles. The number of hydrogen-bond acceptors (Lipinski definition) is 4. The lowest BCUT2D eigenvalue weighted by Gasteiger charge is -2.30. The fourth-order valence-electron chi connectivity index (χ4n) is 2.90. The van der Waals surface area contributed by atoms with Gasteiger partial charge in [-0.2, -0.15) is 0 Å². The summed E-state index contributed by atoms with van der Waals surface area (Å²) < 4.78 is 13.4. The second-order valence-corrected chi connectivity index (χ2v) is 6.26. The predicted octanol–water partition coefficient (Wildman–Crippen LogP) is 2.85. The van der Waals surface area contributed by atoms with Crippen LogP contribution in [0, 0.1) is 30.5 Å². The maximum Gasteiger partial charge on any atom is 0.229 e. The van der Waals surface area contributed by atoms with Crippen molar-refractivity contribution in [3.8, 4) is 0 Å². The number of carbonyl (C=O) groups excluding carboxylic acids is 4. The van der Waals surface area contributed by atoms with Crippen molar-refractivity contribution in [1.82, 2.24) is 5.32 Å². The van der Waals surface area contributed by atoms with Gasteiger partial charge in [0.25, 0.3) is 0 Å². The second kappa shape index (κ2) is 9.20. The van der Waals surface area contributed by atoms with Gasteiger partial charge in [-0.3, -0.25) is 19.7 Å². The molecule has 1 aliphatic heterocycles. The predicted molar refractivity (Wildman–Crippen MR) is 91.4 cm³/mol. The van der Waals surface area contributed by atoms with Gasteiger partial charge in [-0.15, -0.1) is 0 Å². The summed E-state index contributed by atoms with van der Waals surface area (Å²) in [5, 5.41) is 2.32. The van der Waals surface area contributed by atoms with Crippen molar-refractivity contribution in [2.24, 2.45) is 17.8 Å². The van der Waals surface area contributed by atoms with Gasteiger partial charge < -0.3 is 4.79 Å². The van der Waals surface area contributed by atoms with Gasteiger partial charge in [0.2, 0.25) is 11.8 Å². The average Bonchev–Trinajstić information content (AvgIpc) is 2.56. The van der Waals surface area contributed by atoms with Crippen molar-refractivity contribution in [2.45, 2.75) is 40.5 Å². The number of Topliss-reactive ketones (excluding diaryl/α,β-unsaturated/α-hetero) is 1. The van der Waals surface area contributed by atoms with Gasteiger partial charge in [-0.05, 0) is 43.9 Å². The quantitative estimate of drug-likeness (QED) is 0.515. The molecule has 0 spiro atoms. The lowest BCUT2D eigenvalue weighted by molar-refractivity contribution is -0.137. The Balaban J connectivity index is 0.000000970. The van der Waals surface area contributed by atoms with Crippen LogP contribution >= 0.6 is 0 Å². The van der Waals surface area contributed by atoms with Crippen molar-refractivity contribution < 1.29 is 23.6 Å². The highest BCUT2D eigenvalue weighted by atomic mass is 19.1. The van der Waals surface area contributed by atoms with Crippen LogP contribution in [0.3, 0.4) is 0 Å². The number of amides is 2. The molecule has 3 unspecified atom stereocenters. The lowest BCUT2D eigenvalue weighted by Crippen LogP contribution is -2.45. The molecular formula is C19H24FNO4. The molecule has 3 atom stereocenters. The van der Waals surface area contributed by atoms with E-state index in [0.717, 1.165) is 6.29 Å². The maximum absolute atomic E-state index is 13.4. The van der Waals surface area contributed by atoms with Crippen LogP contribution in [0.1, 0.15) is 49.5 Å². The van der Waals surface area contributed by atoms with Gasteiger partial charge in [0.15, 0.2) is 5.78 Å². The summed E-state index contributed by atoms with van der Waals surface area (Å²) in [6, 6.07) is 4.14. The van der Waals surface area contributed by atoms with Crippen molar-refractivity contribution in [3.05, 3.63) is 35.1 Å². The SMILES string of the molecule is CC=O.Cc1ccc(F)cc1C(=O)C(C)C(C)C1CCC(=O)NC1=O. The summed E-state index contributed by atoms with van der Waals surface area (Å²) >= 11 is 0. The molecule has 25 heavy (non-hydrogen) atoms. The van der Waals surface area contributed by atoms with Crippen LogP contribution in [0.4, 0.5) is 4.39 Å². The first kappa shape index (κ1) is 20.7. The number of carbonyl (C=O) groups is 4. The van der Waals surface area contributed by atoms with Crippen LogP contribution < -0.4 is 5.32 Å². The summed E-state index contributed by atoms with van der Waals surface area (Å²) in [5.74, 6) is -2.23. The van der Waals surface area contributed by atoms with Crippen LogP contribution in [0.15, 0.2) is 18.2 Å². The van der Waals surface area contributed by atoms with Gasteiger partial charge >= 0.3 is 0 Å². The highest BCUT2D eigenvalue weighted by Gasteiger charge is 2.36. The minimum Gasteiger partial charge on any atom is -0.304 e. The van der Waals surface area contributed by atoms with E-state index in [2.05, 4.69) is 5.32 Å². The van der Waals surface area contributed by atoms with Crippen molar-refractivity contribution in [1.29, 1.82) is 0 Å². The van der Waals surface area contributed by atoms with E-state index in [0.29, 0.717) is 24.0 Å². The van der Waals surface area contributed by atoms with E-state index in [4.69, 9.17) is 4.79 Å². The molecule has 6 heteroatoms. The Labute approximate surface area is 147 Å². The molecule has 1 N–H and O–H groups in total. The lowest BCUT2D eigenvalue weighted by atomic mass is 9.76. The van der Waals surface area contributed by atoms with E-state index in [9.17, 15) is 18.8 Å². The Morgan fingerprint density at radius 2 is 1.92 bits per heavy atom. The second-order valence-electron chi connectivity index (χ2n) is 6.26. The number of benzene rings is 1. The third-order valence-corrected chi connectivity index (χ3v) is 4.58. The molecule has 1 saturated heterocycles. The molecule has 5 nitrogen and oxygen atoms in total. The molecule has 1 aromatic rings. The largest absolute Gasteiger partial charge is 0.304 e. The van der Waals surface area contributed by atoms with Crippen LogP contribution in [-0.2, 0) is 14.4 Å². The summed E-state index contributed by atoms with van der Waals surface area (Å²) in [6.07, 6.45) is 1.49. The summed E-state index contributed by atoms with van der Waals surface area (Å²) in [5.41, 5.74) is 1.07. The number of ketones is 1. The zero-order chi connectivity index (χ0) is 19.1. The molecule has 2 amide bonds. The van der Waals surface area contributed by atoms with Crippen molar-refractivity contribution >= 4 is 23.9 Å². The van der Waals surface area contributed by atoms with Gasteiger partial charge in [0.1, 0.15) is 12.1 Å². The molecule has 1 aliphatic rings. The van der Waals surface area contributed by atoms with Gasteiger partial charge in [-0.25, -0.2) is 4.39 Å². The zero-order valence-electron chi connectivity index (χ0n) is 15.0. The number of imide groups is 1. The number of piperidine rings is 1. The Morgan fingerprint density at radius 3 is 2.48 bits per heavy atom. The maximum atomic E-state index is 13.4. The molecule has 136 valence electrons. The first-order valence-electron chi connectivity index (χ1n) is 8.26. The third kappa shape index (κ3) is 5.31. The van der Waals surface area contributed by atoms with Gasteiger partial charge in [0, 0.05) is 23.8 Å². The van der Waals surface area contributed by atoms with Crippen LogP contribution in [-0.4, -0.2) is 23.9 Å². The summed E-state index contributed by atoms with van der Waals surface area (Å²) in [7, 11) is 0. The molecule has 0 saturated carbocycles. The highest BCUT2D eigenvalue weighted by Crippen LogP contribution is 2.30. The smallest absolute Gasteiger partial charge is 0.229 e. The number of rotatable bonds is 4. The Bertz CT molecular complexity index is 671. The molecule has 0 aromatic heterocycles. The number of halogens is 1. The number of aryl methyl sites for hydroxylation is 1. The fraction of sp³-hybridized carbons (Fsp3) is 0.474. The van der Waals surface area contributed by atoms with E-state index in [1.807, 2.05) is 6.92 Å². The number of aldehydes is 1. The first-order chi connectivity index (χ1) is 11.7. The molecule has 1 aromatic carbocycles.